The van der Waals surface area contributed by atoms with Gasteiger partial charge in [-0.05, 0) is 56.1 Å². The molecule has 0 bridgehead atoms. The van der Waals surface area contributed by atoms with Gasteiger partial charge < -0.3 is 10.2 Å². The molecule has 6 heteroatoms. The van der Waals surface area contributed by atoms with Crippen LogP contribution in [0.15, 0.2) is 48.1 Å². The molecule has 0 aromatic carbocycles. The van der Waals surface area contributed by atoms with Crippen LogP contribution >= 0.6 is 11.3 Å². The van der Waals surface area contributed by atoms with E-state index in [1.165, 1.54) is 24.9 Å². The molecule has 4 rings (SSSR count). The molecule has 1 aliphatic rings. The third-order valence-electron chi connectivity index (χ3n) is 4.54. The molecule has 0 amide bonds. The van der Waals surface area contributed by atoms with Gasteiger partial charge in [-0.25, -0.2) is 15.0 Å². The Morgan fingerprint density at radius 1 is 1.16 bits per heavy atom. The molecular weight excluding hydrogens is 330 g/mol. The SMILES string of the molecule is CN1CCCC(c2ccc(Nc3cccc(-c4nccs4)n3)nc2)C1. The fourth-order valence-corrected chi connectivity index (χ4v) is 3.87. The minimum atomic E-state index is 0.589. The lowest BCUT2D eigenvalue weighted by Gasteiger charge is -2.29. The Bertz CT molecular complexity index is 816. The molecule has 25 heavy (non-hydrogen) atoms. The third-order valence-corrected chi connectivity index (χ3v) is 5.33. The summed E-state index contributed by atoms with van der Waals surface area (Å²) in [7, 11) is 2.19. The number of likely N-dealkylation sites (N-methyl/N-ethyl adjacent to an activating group) is 1. The molecule has 1 atom stereocenters. The molecule has 128 valence electrons. The van der Waals surface area contributed by atoms with Crippen LogP contribution in [0, 0.1) is 0 Å². The highest BCUT2D eigenvalue weighted by Gasteiger charge is 2.19. The molecule has 0 spiro atoms. The van der Waals surface area contributed by atoms with Crippen LogP contribution in [0.1, 0.15) is 24.3 Å². The van der Waals surface area contributed by atoms with E-state index in [1.54, 1.807) is 17.5 Å². The number of hydrogen-bond donors (Lipinski definition) is 1. The fraction of sp³-hybridized carbons (Fsp3) is 0.316. The number of pyridine rings is 2. The van der Waals surface area contributed by atoms with Gasteiger partial charge in [0, 0.05) is 24.3 Å². The van der Waals surface area contributed by atoms with E-state index < -0.39 is 0 Å². The predicted octanol–water partition coefficient (Wildman–Crippen LogP) is 4.15. The van der Waals surface area contributed by atoms with Gasteiger partial charge in [-0.15, -0.1) is 11.3 Å². The van der Waals surface area contributed by atoms with Gasteiger partial charge in [0.2, 0.25) is 0 Å². The smallest absolute Gasteiger partial charge is 0.141 e. The van der Waals surface area contributed by atoms with E-state index in [0.29, 0.717) is 5.92 Å². The Morgan fingerprint density at radius 3 is 2.88 bits per heavy atom. The zero-order chi connectivity index (χ0) is 17.1. The Hall–Kier alpha value is -2.31. The first kappa shape index (κ1) is 16.2. The third kappa shape index (κ3) is 3.86. The Balaban J connectivity index is 1.47. The average Bonchev–Trinajstić information content (AvgIpc) is 3.17. The van der Waals surface area contributed by atoms with E-state index in [9.17, 15) is 0 Å². The van der Waals surface area contributed by atoms with Crippen molar-refractivity contribution < 1.29 is 0 Å². The molecular formula is C19H21N5S. The van der Waals surface area contributed by atoms with Gasteiger partial charge in [0.15, 0.2) is 0 Å². The average molecular weight is 351 g/mol. The maximum Gasteiger partial charge on any atom is 0.141 e. The van der Waals surface area contributed by atoms with Crippen molar-refractivity contribution >= 4 is 23.0 Å². The number of nitrogens with zero attached hydrogens (tertiary/aromatic N) is 4. The molecule has 0 radical (unpaired) electrons. The largest absolute Gasteiger partial charge is 0.325 e. The van der Waals surface area contributed by atoms with E-state index >= 15 is 0 Å². The van der Waals surface area contributed by atoms with E-state index in [4.69, 9.17) is 0 Å². The summed E-state index contributed by atoms with van der Waals surface area (Å²) in [5, 5.41) is 6.17. The number of likely N-dealkylation sites (tertiary alicyclic amines) is 1. The standard InChI is InChI=1S/C19H21N5S/c1-24-10-3-4-15(13-24)14-7-8-17(21-12-14)23-18-6-2-5-16(22-18)19-20-9-11-25-19/h2,5-9,11-12,15H,3-4,10,13H2,1H3,(H,21,22,23). The van der Waals surface area contributed by atoms with Gasteiger partial charge in [0.05, 0.1) is 0 Å². The van der Waals surface area contributed by atoms with Gasteiger partial charge in [-0.2, -0.15) is 0 Å². The quantitative estimate of drug-likeness (QED) is 0.765. The van der Waals surface area contributed by atoms with Crippen molar-refractivity contribution in [1.82, 2.24) is 19.9 Å². The molecule has 4 heterocycles. The number of rotatable bonds is 4. The van der Waals surface area contributed by atoms with Crippen molar-refractivity contribution in [3.8, 4) is 10.7 Å². The van der Waals surface area contributed by atoms with Crippen LogP contribution in [-0.2, 0) is 0 Å². The second-order valence-electron chi connectivity index (χ2n) is 6.45. The van der Waals surface area contributed by atoms with Crippen molar-refractivity contribution in [3.63, 3.8) is 0 Å². The maximum absolute atomic E-state index is 4.62. The Labute approximate surface area is 151 Å². The number of thiazole rings is 1. The summed E-state index contributed by atoms with van der Waals surface area (Å²) in [5.41, 5.74) is 2.20. The molecule has 3 aromatic heterocycles. The van der Waals surface area contributed by atoms with Gasteiger partial charge in [0.25, 0.3) is 0 Å². The molecule has 1 N–H and O–H groups in total. The molecule has 1 unspecified atom stereocenters. The zero-order valence-electron chi connectivity index (χ0n) is 14.2. The zero-order valence-corrected chi connectivity index (χ0v) is 15.0. The van der Waals surface area contributed by atoms with Gasteiger partial charge in [-0.3, -0.25) is 0 Å². The van der Waals surface area contributed by atoms with Gasteiger partial charge >= 0.3 is 0 Å². The first-order valence-corrected chi connectivity index (χ1v) is 9.44. The summed E-state index contributed by atoms with van der Waals surface area (Å²) in [6, 6.07) is 10.1. The van der Waals surface area contributed by atoms with Crippen molar-refractivity contribution in [1.29, 1.82) is 0 Å². The Morgan fingerprint density at radius 2 is 2.12 bits per heavy atom. The van der Waals surface area contributed by atoms with Crippen molar-refractivity contribution in [2.45, 2.75) is 18.8 Å². The van der Waals surface area contributed by atoms with Crippen LogP contribution in [0.4, 0.5) is 11.6 Å². The first-order chi connectivity index (χ1) is 12.3. The topological polar surface area (TPSA) is 53.9 Å². The number of aromatic nitrogens is 3. The summed E-state index contributed by atoms with van der Waals surface area (Å²) in [6.45, 7) is 2.32. The second-order valence-corrected chi connectivity index (χ2v) is 7.34. The van der Waals surface area contributed by atoms with Crippen LogP contribution < -0.4 is 5.32 Å². The van der Waals surface area contributed by atoms with E-state index in [-0.39, 0.29) is 0 Å². The molecule has 5 nitrogen and oxygen atoms in total. The molecule has 1 aliphatic heterocycles. The highest BCUT2D eigenvalue weighted by atomic mass is 32.1. The molecule has 3 aromatic rings. The molecule has 0 aliphatic carbocycles. The number of anilines is 2. The van der Waals surface area contributed by atoms with Gasteiger partial charge in [-0.1, -0.05) is 12.1 Å². The van der Waals surface area contributed by atoms with E-state index in [2.05, 4.69) is 38.3 Å². The summed E-state index contributed by atoms with van der Waals surface area (Å²) in [6.07, 6.45) is 6.30. The number of hydrogen-bond acceptors (Lipinski definition) is 6. The van der Waals surface area contributed by atoms with Crippen LogP contribution in [-0.4, -0.2) is 40.0 Å². The summed E-state index contributed by atoms with van der Waals surface area (Å²) < 4.78 is 0. The fourth-order valence-electron chi connectivity index (χ4n) is 3.26. The molecule has 1 saturated heterocycles. The maximum atomic E-state index is 4.62. The van der Waals surface area contributed by atoms with Crippen LogP contribution in [0.3, 0.4) is 0 Å². The summed E-state index contributed by atoms with van der Waals surface area (Å²) >= 11 is 1.59. The highest BCUT2D eigenvalue weighted by Crippen LogP contribution is 2.27. The lowest BCUT2D eigenvalue weighted by molar-refractivity contribution is 0.250. The van der Waals surface area contributed by atoms with Crippen molar-refractivity contribution in [2.75, 3.05) is 25.5 Å². The number of piperidine rings is 1. The van der Waals surface area contributed by atoms with Crippen LogP contribution in [0.5, 0.6) is 0 Å². The monoisotopic (exact) mass is 351 g/mol. The lowest BCUT2D eigenvalue weighted by Crippen LogP contribution is -2.30. The normalized spacial score (nSPS) is 18.2. The molecule has 1 fully saturated rings. The van der Waals surface area contributed by atoms with Crippen LogP contribution in [0.25, 0.3) is 10.7 Å². The summed E-state index contributed by atoms with van der Waals surface area (Å²) in [5.74, 6) is 2.19. The minimum Gasteiger partial charge on any atom is -0.325 e. The Kier molecular flexibility index (Phi) is 4.72. The van der Waals surface area contributed by atoms with Crippen molar-refractivity contribution in [2.24, 2.45) is 0 Å². The minimum absolute atomic E-state index is 0.589. The highest BCUT2D eigenvalue weighted by molar-refractivity contribution is 7.13. The van der Waals surface area contributed by atoms with E-state index in [0.717, 1.165) is 28.9 Å². The lowest BCUT2D eigenvalue weighted by atomic mass is 9.92. The second kappa shape index (κ2) is 7.29. The van der Waals surface area contributed by atoms with Crippen LogP contribution in [0.2, 0.25) is 0 Å². The van der Waals surface area contributed by atoms with E-state index in [1.807, 2.05) is 35.8 Å². The predicted molar refractivity (Wildman–Crippen MR) is 102 cm³/mol. The first-order valence-electron chi connectivity index (χ1n) is 8.56. The molecule has 0 saturated carbocycles. The van der Waals surface area contributed by atoms with Crippen molar-refractivity contribution in [3.05, 3.63) is 53.7 Å². The summed E-state index contributed by atoms with van der Waals surface area (Å²) in [4.78, 5) is 15.9. The van der Waals surface area contributed by atoms with Gasteiger partial charge in [0.1, 0.15) is 22.3 Å². The number of nitrogens with one attached hydrogen (secondary N) is 1.